The van der Waals surface area contributed by atoms with E-state index in [1.165, 1.54) is 103 Å². The summed E-state index contributed by atoms with van der Waals surface area (Å²) < 4.78 is 4.96. The molecule has 0 bridgehead atoms. The molecule has 0 aliphatic heterocycles. The molecule has 0 aromatic heterocycles. The van der Waals surface area contributed by atoms with E-state index in [9.17, 15) is 9.59 Å². The minimum atomic E-state index is -0.344. The molecule has 0 aromatic carbocycles. The van der Waals surface area contributed by atoms with Crippen LogP contribution in [0.15, 0.2) is 0 Å². The third-order valence-electron chi connectivity index (χ3n) is 6.40. The van der Waals surface area contributed by atoms with Crippen molar-refractivity contribution in [3.05, 3.63) is 0 Å². The maximum Gasteiger partial charge on any atom is 0.313 e. The molecule has 0 aliphatic rings. The lowest BCUT2D eigenvalue weighted by molar-refractivity contribution is -0.159. The number of nitrogens with two attached hydrogens (primary N) is 2. The molecule has 5 nitrogen and oxygen atoms in total. The number of hydrogen-bond acceptors (Lipinski definition) is 5. The number of esters is 2. The summed E-state index contributed by atoms with van der Waals surface area (Å²) in [5.41, 5.74) is 11.0. The molecule has 4 N–H and O–H groups in total. The Hall–Kier alpha value is -0.940. The predicted octanol–water partition coefficient (Wildman–Crippen LogP) is 7.34. The zero-order chi connectivity index (χ0) is 24.2. The quantitative estimate of drug-likeness (QED) is 0.0786. The first-order chi connectivity index (χ1) is 16.2. The number of carbonyl (C=O) groups excluding carboxylic acids is 2. The van der Waals surface area contributed by atoms with Gasteiger partial charge in [0, 0.05) is 12.8 Å². The van der Waals surface area contributed by atoms with Gasteiger partial charge in [-0.05, 0) is 38.8 Å². The highest BCUT2D eigenvalue weighted by Crippen LogP contribution is 2.14. The summed E-state index contributed by atoms with van der Waals surface area (Å²) in [5, 5.41) is 0. The van der Waals surface area contributed by atoms with Crippen molar-refractivity contribution >= 4 is 11.9 Å². The highest BCUT2D eigenvalue weighted by molar-refractivity contribution is 5.85. The van der Waals surface area contributed by atoms with Crippen LogP contribution in [0.2, 0.25) is 0 Å². The molecule has 0 heterocycles. The van der Waals surface area contributed by atoms with Crippen LogP contribution in [0, 0.1) is 0 Å². The number of unbranched alkanes of at least 4 members (excludes halogenated alkanes) is 20. The minimum Gasteiger partial charge on any atom is -0.393 e. The smallest absolute Gasteiger partial charge is 0.313 e. The van der Waals surface area contributed by atoms with Gasteiger partial charge in [-0.2, -0.15) is 0 Å². The molecular weight excluding hydrogens is 412 g/mol. The molecule has 0 amide bonds. The van der Waals surface area contributed by atoms with E-state index in [0.29, 0.717) is 12.8 Å². The summed E-state index contributed by atoms with van der Waals surface area (Å²) >= 11 is 0. The molecule has 0 aliphatic carbocycles. The SMILES string of the molecule is NCCCCCCCCCCCCCC(=O)OC(=O)CCCCCCCCCCCCCN. The van der Waals surface area contributed by atoms with Gasteiger partial charge in [0.25, 0.3) is 0 Å². The van der Waals surface area contributed by atoms with Gasteiger partial charge in [0.15, 0.2) is 0 Å². The Morgan fingerprint density at radius 2 is 0.576 bits per heavy atom. The predicted molar refractivity (Wildman–Crippen MR) is 140 cm³/mol. The molecule has 0 spiro atoms. The Kier molecular flexibility index (Phi) is 26.5. The Morgan fingerprint density at radius 1 is 0.364 bits per heavy atom. The zero-order valence-electron chi connectivity index (χ0n) is 21.8. The third kappa shape index (κ3) is 27.2. The maximum absolute atomic E-state index is 11.8. The van der Waals surface area contributed by atoms with E-state index < -0.39 is 0 Å². The van der Waals surface area contributed by atoms with E-state index in [-0.39, 0.29) is 11.9 Å². The van der Waals surface area contributed by atoms with E-state index in [2.05, 4.69) is 0 Å². The zero-order valence-corrected chi connectivity index (χ0v) is 21.8. The molecule has 0 rings (SSSR count). The molecule has 0 aromatic rings. The summed E-state index contributed by atoms with van der Waals surface area (Å²) in [7, 11) is 0. The lowest BCUT2D eigenvalue weighted by Gasteiger charge is -2.05. The Bertz CT molecular complexity index is 391. The van der Waals surface area contributed by atoms with Crippen LogP contribution < -0.4 is 11.5 Å². The number of carbonyl (C=O) groups is 2. The summed E-state index contributed by atoms with van der Waals surface area (Å²) in [6, 6.07) is 0. The van der Waals surface area contributed by atoms with Gasteiger partial charge in [0.2, 0.25) is 0 Å². The normalized spacial score (nSPS) is 11.1. The molecule has 0 atom stereocenters. The van der Waals surface area contributed by atoms with Crippen LogP contribution in [0.4, 0.5) is 0 Å². The van der Waals surface area contributed by atoms with Crippen molar-refractivity contribution in [1.82, 2.24) is 0 Å². The van der Waals surface area contributed by atoms with Crippen molar-refractivity contribution in [3.63, 3.8) is 0 Å². The van der Waals surface area contributed by atoms with Crippen molar-refractivity contribution < 1.29 is 14.3 Å². The van der Waals surface area contributed by atoms with Crippen LogP contribution in [0.3, 0.4) is 0 Å². The van der Waals surface area contributed by atoms with Gasteiger partial charge in [0.05, 0.1) is 0 Å². The van der Waals surface area contributed by atoms with Crippen molar-refractivity contribution in [1.29, 1.82) is 0 Å². The second-order valence-electron chi connectivity index (χ2n) is 9.70. The Morgan fingerprint density at radius 3 is 0.818 bits per heavy atom. The fraction of sp³-hybridized carbons (Fsp3) is 0.929. The lowest BCUT2D eigenvalue weighted by Crippen LogP contribution is -2.11. The number of rotatable bonds is 26. The van der Waals surface area contributed by atoms with Gasteiger partial charge in [0.1, 0.15) is 0 Å². The van der Waals surface area contributed by atoms with Crippen LogP contribution in [-0.4, -0.2) is 25.0 Å². The molecule has 0 fully saturated rings. The highest BCUT2D eigenvalue weighted by Gasteiger charge is 2.09. The average molecular weight is 469 g/mol. The van der Waals surface area contributed by atoms with Gasteiger partial charge in [-0.1, -0.05) is 116 Å². The lowest BCUT2D eigenvalue weighted by atomic mass is 10.1. The monoisotopic (exact) mass is 468 g/mol. The first kappa shape index (κ1) is 32.1. The van der Waals surface area contributed by atoms with Crippen molar-refractivity contribution in [2.75, 3.05) is 13.1 Å². The summed E-state index contributed by atoms with van der Waals surface area (Å²) in [5.74, 6) is -0.687. The van der Waals surface area contributed by atoms with E-state index in [1.54, 1.807) is 0 Å². The van der Waals surface area contributed by atoms with Crippen LogP contribution in [0.1, 0.15) is 154 Å². The van der Waals surface area contributed by atoms with Crippen molar-refractivity contribution in [2.24, 2.45) is 11.5 Å². The molecule has 196 valence electrons. The fourth-order valence-corrected chi connectivity index (χ4v) is 4.24. The third-order valence-corrected chi connectivity index (χ3v) is 6.40. The summed E-state index contributed by atoms with van der Waals surface area (Å²) in [6.07, 6.45) is 27.3. The number of ether oxygens (including phenoxy) is 1. The molecule has 33 heavy (non-hydrogen) atoms. The van der Waals surface area contributed by atoms with Gasteiger partial charge in [-0.3, -0.25) is 9.59 Å². The van der Waals surface area contributed by atoms with E-state index in [1.807, 2.05) is 0 Å². The minimum absolute atomic E-state index is 0.344. The van der Waals surface area contributed by atoms with Crippen molar-refractivity contribution in [2.45, 2.75) is 154 Å². The second kappa shape index (κ2) is 27.3. The van der Waals surface area contributed by atoms with E-state index in [0.717, 1.165) is 51.6 Å². The Labute approximate surface area is 205 Å². The standard InChI is InChI=1S/C28H56N2O3/c29-25-21-17-13-9-5-1-3-7-11-15-19-23-27(31)33-28(32)24-20-16-12-8-4-2-6-10-14-18-22-26-30/h1-26,29-30H2. The second-order valence-corrected chi connectivity index (χ2v) is 9.70. The fourth-order valence-electron chi connectivity index (χ4n) is 4.24. The molecule has 0 radical (unpaired) electrons. The van der Waals surface area contributed by atoms with Crippen LogP contribution >= 0.6 is 0 Å². The molecule has 5 heteroatoms. The maximum atomic E-state index is 11.8. The van der Waals surface area contributed by atoms with Gasteiger partial charge in [-0.15, -0.1) is 0 Å². The van der Waals surface area contributed by atoms with E-state index in [4.69, 9.17) is 16.2 Å². The van der Waals surface area contributed by atoms with E-state index >= 15 is 0 Å². The molecular formula is C28H56N2O3. The van der Waals surface area contributed by atoms with Gasteiger partial charge < -0.3 is 16.2 Å². The first-order valence-corrected chi connectivity index (χ1v) is 14.3. The van der Waals surface area contributed by atoms with Crippen LogP contribution in [0.5, 0.6) is 0 Å². The molecule has 0 saturated heterocycles. The summed E-state index contributed by atoms with van der Waals surface area (Å²) in [4.78, 5) is 23.6. The molecule has 0 saturated carbocycles. The molecule has 0 unspecified atom stereocenters. The topological polar surface area (TPSA) is 95.4 Å². The first-order valence-electron chi connectivity index (χ1n) is 14.3. The van der Waals surface area contributed by atoms with Gasteiger partial charge >= 0.3 is 11.9 Å². The number of hydrogen-bond donors (Lipinski definition) is 2. The highest BCUT2D eigenvalue weighted by atomic mass is 16.6. The van der Waals surface area contributed by atoms with Crippen LogP contribution in [-0.2, 0) is 14.3 Å². The van der Waals surface area contributed by atoms with Crippen LogP contribution in [0.25, 0.3) is 0 Å². The summed E-state index contributed by atoms with van der Waals surface area (Å²) in [6.45, 7) is 1.64. The van der Waals surface area contributed by atoms with Crippen molar-refractivity contribution in [3.8, 4) is 0 Å². The Balaban J connectivity index is 3.30. The van der Waals surface area contributed by atoms with Gasteiger partial charge in [-0.25, -0.2) is 0 Å². The largest absolute Gasteiger partial charge is 0.393 e. The average Bonchev–Trinajstić information content (AvgIpc) is 2.80.